The maximum Gasteiger partial charge on any atom is 0.306 e. The van der Waals surface area contributed by atoms with Crippen LogP contribution in [-0.4, -0.2) is 17.7 Å². The quantitative estimate of drug-likeness (QED) is 0.771. The number of ether oxygens (including phenoxy) is 1. The molecule has 0 amide bonds. The van der Waals surface area contributed by atoms with Gasteiger partial charge in [0.1, 0.15) is 5.75 Å². The molecule has 1 saturated carbocycles. The fraction of sp³-hybridized carbons (Fsp3) is 0.611. The Morgan fingerprint density at radius 1 is 1.45 bits per heavy atom. The summed E-state index contributed by atoms with van der Waals surface area (Å²) < 4.78 is 5.89. The molecule has 0 aliphatic heterocycles. The fourth-order valence-corrected chi connectivity index (χ4v) is 3.63. The van der Waals surface area contributed by atoms with Gasteiger partial charge in [0.15, 0.2) is 0 Å². The van der Waals surface area contributed by atoms with Crippen molar-refractivity contribution in [2.45, 2.75) is 52.9 Å². The van der Waals surface area contributed by atoms with Crippen LogP contribution in [0, 0.1) is 25.7 Å². The third kappa shape index (κ3) is 3.40. The van der Waals surface area contributed by atoms with E-state index in [9.17, 15) is 4.79 Å². The molecular formula is C18H25ClO3. The molecule has 0 bridgehead atoms. The molecule has 1 N–H and O–H groups in total. The first-order valence-corrected chi connectivity index (χ1v) is 8.43. The molecule has 1 fully saturated rings. The van der Waals surface area contributed by atoms with E-state index >= 15 is 0 Å². The number of carbonyl (C=O) groups is 1. The standard InChI is InChI=1S/C18H25ClO3/c1-5-12(8-13-9-14(13)18(20)21)16-11(4)15(19)7-10(3)17(16)22-6-2/h7,12-14H,5-6,8-9H2,1-4H3,(H,20,21). The Balaban J connectivity index is 2.33. The van der Waals surface area contributed by atoms with E-state index < -0.39 is 5.97 Å². The van der Waals surface area contributed by atoms with E-state index in [-0.39, 0.29) is 11.8 Å². The maximum absolute atomic E-state index is 11.1. The number of carboxylic acid groups (broad SMARTS) is 1. The second kappa shape index (κ2) is 6.91. The maximum atomic E-state index is 11.1. The van der Waals surface area contributed by atoms with E-state index in [1.807, 2.05) is 26.8 Å². The van der Waals surface area contributed by atoms with Crippen molar-refractivity contribution < 1.29 is 14.6 Å². The van der Waals surface area contributed by atoms with E-state index in [0.717, 1.165) is 41.2 Å². The van der Waals surface area contributed by atoms with Crippen LogP contribution < -0.4 is 4.74 Å². The summed E-state index contributed by atoms with van der Waals surface area (Å²) in [5.74, 6) is 0.696. The molecule has 1 aromatic carbocycles. The Morgan fingerprint density at radius 2 is 2.14 bits per heavy atom. The first-order chi connectivity index (χ1) is 10.4. The molecular weight excluding hydrogens is 300 g/mol. The van der Waals surface area contributed by atoms with Crippen LogP contribution >= 0.6 is 11.6 Å². The number of halogens is 1. The van der Waals surface area contributed by atoms with Crippen LogP contribution in [0.4, 0.5) is 0 Å². The first-order valence-electron chi connectivity index (χ1n) is 8.05. The third-order valence-corrected chi connectivity index (χ3v) is 5.12. The highest BCUT2D eigenvalue weighted by Crippen LogP contribution is 2.49. The lowest BCUT2D eigenvalue weighted by Crippen LogP contribution is -2.09. The predicted octanol–water partition coefficient (Wildman–Crippen LogP) is 4.96. The Morgan fingerprint density at radius 3 is 2.64 bits per heavy atom. The second-order valence-electron chi connectivity index (χ2n) is 6.26. The van der Waals surface area contributed by atoms with E-state index in [1.54, 1.807) is 0 Å². The third-order valence-electron chi connectivity index (χ3n) is 4.73. The van der Waals surface area contributed by atoms with E-state index in [1.165, 1.54) is 5.56 Å². The van der Waals surface area contributed by atoms with Gasteiger partial charge in [-0.15, -0.1) is 0 Å². The highest BCUT2D eigenvalue weighted by Gasteiger charge is 2.44. The summed E-state index contributed by atoms with van der Waals surface area (Å²) in [6.07, 6.45) is 2.66. The number of benzene rings is 1. The summed E-state index contributed by atoms with van der Waals surface area (Å²) in [5.41, 5.74) is 3.29. The molecule has 0 saturated heterocycles. The number of hydrogen-bond donors (Lipinski definition) is 1. The molecule has 0 radical (unpaired) electrons. The van der Waals surface area contributed by atoms with Gasteiger partial charge in [0.2, 0.25) is 0 Å². The van der Waals surface area contributed by atoms with Crippen molar-refractivity contribution in [2.75, 3.05) is 6.61 Å². The van der Waals surface area contributed by atoms with Gasteiger partial charge in [0.05, 0.1) is 12.5 Å². The zero-order valence-corrected chi connectivity index (χ0v) is 14.5. The summed E-state index contributed by atoms with van der Waals surface area (Å²) in [5, 5.41) is 9.88. The van der Waals surface area contributed by atoms with Crippen LogP contribution in [0.1, 0.15) is 55.7 Å². The molecule has 0 heterocycles. The van der Waals surface area contributed by atoms with Crippen LogP contribution in [-0.2, 0) is 4.79 Å². The largest absolute Gasteiger partial charge is 0.493 e. The van der Waals surface area contributed by atoms with Gasteiger partial charge in [0.25, 0.3) is 0 Å². The monoisotopic (exact) mass is 324 g/mol. The Labute approximate surface area is 137 Å². The van der Waals surface area contributed by atoms with Crippen molar-refractivity contribution in [1.29, 1.82) is 0 Å². The van der Waals surface area contributed by atoms with Gasteiger partial charge in [-0.25, -0.2) is 0 Å². The van der Waals surface area contributed by atoms with Crippen molar-refractivity contribution >= 4 is 17.6 Å². The molecule has 0 spiro atoms. The van der Waals surface area contributed by atoms with Crippen LogP contribution in [0.2, 0.25) is 5.02 Å². The highest BCUT2D eigenvalue weighted by atomic mass is 35.5. The van der Waals surface area contributed by atoms with Gasteiger partial charge >= 0.3 is 5.97 Å². The van der Waals surface area contributed by atoms with Gasteiger partial charge in [-0.2, -0.15) is 0 Å². The van der Waals surface area contributed by atoms with Crippen molar-refractivity contribution in [3.63, 3.8) is 0 Å². The lowest BCUT2D eigenvalue weighted by molar-refractivity contribution is -0.138. The van der Waals surface area contributed by atoms with Gasteiger partial charge < -0.3 is 9.84 Å². The number of rotatable bonds is 7. The summed E-state index contributed by atoms with van der Waals surface area (Å²) >= 11 is 6.37. The number of aryl methyl sites for hydroxylation is 1. The smallest absolute Gasteiger partial charge is 0.306 e. The summed E-state index contributed by atoms with van der Waals surface area (Å²) in [4.78, 5) is 11.1. The molecule has 3 atom stereocenters. The molecule has 3 nitrogen and oxygen atoms in total. The minimum absolute atomic E-state index is 0.162. The molecule has 2 rings (SSSR count). The molecule has 1 aromatic rings. The average molecular weight is 325 g/mol. The fourth-order valence-electron chi connectivity index (χ4n) is 3.37. The predicted molar refractivity (Wildman–Crippen MR) is 89.0 cm³/mol. The number of carboxylic acids is 1. The second-order valence-corrected chi connectivity index (χ2v) is 6.66. The topological polar surface area (TPSA) is 46.5 Å². The SMILES string of the molecule is CCOc1c(C)cc(Cl)c(C)c1C(CC)CC1CC1C(=O)O. The summed E-state index contributed by atoms with van der Waals surface area (Å²) in [6.45, 7) is 8.80. The molecule has 1 aliphatic carbocycles. The Bertz CT molecular complexity index is 568. The molecule has 22 heavy (non-hydrogen) atoms. The molecule has 0 aromatic heterocycles. The van der Waals surface area contributed by atoms with E-state index in [4.69, 9.17) is 21.4 Å². The first kappa shape index (κ1) is 17.1. The number of aliphatic carboxylic acids is 1. The minimum Gasteiger partial charge on any atom is -0.493 e. The van der Waals surface area contributed by atoms with Crippen molar-refractivity contribution in [2.24, 2.45) is 11.8 Å². The molecule has 3 unspecified atom stereocenters. The average Bonchev–Trinajstić information content (AvgIpc) is 3.23. The lowest BCUT2D eigenvalue weighted by Gasteiger charge is -2.24. The molecule has 1 aliphatic rings. The van der Waals surface area contributed by atoms with Gasteiger partial charge in [-0.05, 0) is 69.1 Å². The zero-order chi connectivity index (χ0) is 16.4. The van der Waals surface area contributed by atoms with E-state index in [2.05, 4.69) is 6.92 Å². The molecule has 4 heteroatoms. The summed E-state index contributed by atoms with van der Waals surface area (Å²) in [6, 6.07) is 1.95. The van der Waals surface area contributed by atoms with Crippen LogP contribution in [0.25, 0.3) is 0 Å². The normalized spacial score (nSPS) is 21.5. The van der Waals surface area contributed by atoms with Crippen molar-refractivity contribution in [3.8, 4) is 5.75 Å². The zero-order valence-electron chi connectivity index (χ0n) is 13.8. The van der Waals surface area contributed by atoms with Crippen LogP contribution in [0.3, 0.4) is 0 Å². The van der Waals surface area contributed by atoms with Crippen LogP contribution in [0.15, 0.2) is 6.07 Å². The molecule has 122 valence electrons. The van der Waals surface area contributed by atoms with Crippen molar-refractivity contribution in [1.82, 2.24) is 0 Å². The minimum atomic E-state index is -0.663. The Kier molecular flexibility index (Phi) is 5.38. The van der Waals surface area contributed by atoms with Crippen LogP contribution in [0.5, 0.6) is 5.75 Å². The lowest BCUT2D eigenvalue weighted by atomic mass is 9.86. The van der Waals surface area contributed by atoms with Gasteiger partial charge in [-0.1, -0.05) is 18.5 Å². The number of hydrogen-bond acceptors (Lipinski definition) is 2. The van der Waals surface area contributed by atoms with Crippen molar-refractivity contribution in [3.05, 3.63) is 27.8 Å². The van der Waals surface area contributed by atoms with E-state index in [0.29, 0.717) is 12.5 Å². The highest BCUT2D eigenvalue weighted by molar-refractivity contribution is 6.31. The Hall–Kier alpha value is -1.22. The van der Waals surface area contributed by atoms with Gasteiger partial charge in [0, 0.05) is 10.6 Å². The van der Waals surface area contributed by atoms with Gasteiger partial charge in [-0.3, -0.25) is 4.79 Å². The summed E-state index contributed by atoms with van der Waals surface area (Å²) in [7, 11) is 0.